The Morgan fingerprint density at radius 3 is 2.90 bits per heavy atom. The summed E-state index contributed by atoms with van der Waals surface area (Å²) in [7, 11) is -3.64. The van der Waals surface area contributed by atoms with Crippen molar-refractivity contribution in [2.75, 3.05) is 4.72 Å². The van der Waals surface area contributed by atoms with Crippen molar-refractivity contribution in [3.63, 3.8) is 0 Å². The first-order valence-corrected chi connectivity index (χ1v) is 8.02. The van der Waals surface area contributed by atoms with Crippen LogP contribution in [0, 0.1) is 0 Å². The van der Waals surface area contributed by atoms with E-state index in [2.05, 4.69) is 19.7 Å². The van der Waals surface area contributed by atoms with Crippen molar-refractivity contribution in [2.45, 2.75) is 5.03 Å². The molecular formula is C12H10N4O2S2. The molecule has 0 unspecified atom stereocenters. The van der Waals surface area contributed by atoms with Gasteiger partial charge in [-0.25, -0.2) is 9.97 Å². The smallest absolute Gasteiger partial charge is 0.278 e. The first-order valence-electron chi connectivity index (χ1n) is 5.66. The maximum absolute atomic E-state index is 12.1. The van der Waals surface area contributed by atoms with E-state index in [0.717, 1.165) is 10.6 Å². The molecule has 0 saturated carbocycles. The third-order valence-electron chi connectivity index (χ3n) is 2.56. The largest absolute Gasteiger partial charge is 0.334 e. The highest BCUT2D eigenvalue weighted by atomic mass is 32.2. The fraction of sp³-hybridized carbons (Fsp3) is 0. The molecule has 0 bridgehead atoms. The quantitative estimate of drug-likeness (QED) is 0.774. The molecule has 0 radical (unpaired) electrons. The standard InChI is InChI=1S/C12H10N4O2S2/c17-20(18,11-7-13-8-15-11)16-10-3-1-2-9(6-10)12-14-4-5-19-12/h1-8,16H,(H,13,15). The van der Waals surface area contributed by atoms with Gasteiger partial charge in [0.15, 0.2) is 5.03 Å². The minimum Gasteiger partial charge on any atom is -0.334 e. The van der Waals surface area contributed by atoms with Gasteiger partial charge in [-0.05, 0) is 12.1 Å². The predicted octanol–water partition coefficient (Wildman–Crippen LogP) is 2.33. The van der Waals surface area contributed by atoms with Crippen LogP contribution in [0.3, 0.4) is 0 Å². The fourth-order valence-electron chi connectivity index (χ4n) is 1.68. The zero-order valence-electron chi connectivity index (χ0n) is 10.1. The van der Waals surface area contributed by atoms with Crippen LogP contribution in [-0.2, 0) is 10.0 Å². The van der Waals surface area contributed by atoms with E-state index in [-0.39, 0.29) is 5.03 Å². The van der Waals surface area contributed by atoms with Gasteiger partial charge in [0.2, 0.25) is 0 Å². The van der Waals surface area contributed by atoms with Gasteiger partial charge in [0.25, 0.3) is 10.0 Å². The molecule has 0 fully saturated rings. The average Bonchev–Trinajstić information content (AvgIpc) is 3.12. The Morgan fingerprint density at radius 2 is 2.20 bits per heavy atom. The molecule has 0 amide bonds. The van der Waals surface area contributed by atoms with Crippen LogP contribution in [0.2, 0.25) is 0 Å². The normalized spacial score (nSPS) is 11.4. The average molecular weight is 306 g/mol. The van der Waals surface area contributed by atoms with Gasteiger partial charge < -0.3 is 4.98 Å². The number of imidazole rings is 1. The van der Waals surface area contributed by atoms with Crippen molar-refractivity contribution < 1.29 is 8.42 Å². The number of aromatic amines is 1. The van der Waals surface area contributed by atoms with Crippen LogP contribution < -0.4 is 4.72 Å². The van der Waals surface area contributed by atoms with Gasteiger partial charge in [-0.1, -0.05) is 12.1 Å². The maximum Gasteiger partial charge on any atom is 0.278 e. The summed E-state index contributed by atoms with van der Waals surface area (Å²) in [5.41, 5.74) is 1.34. The minimum atomic E-state index is -3.64. The molecule has 0 aliphatic heterocycles. The third kappa shape index (κ3) is 2.56. The Morgan fingerprint density at radius 1 is 1.30 bits per heavy atom. The predicted molar refractivity (Wildman–Crippen MR) is 76.9 cm³/mol. The monoisotopic (exact) mass is 306 g/mol. The van der Waals surface area contributed by atoms with Gasteiger partial charge in [-0.2, -0.15) is 8.42 Å². The van der Waals surface area contributed by atoms with Crippen LogP contribution in [0.25, 0.3) is 10.6 Å². The Balaban J connectivity index is 1.91. The molecule has 2 N–H and O–H groups in total. The maximum atomic E-state index is 12.1. The number of sulfonamides is 1. The first-order chi connectivity index (χ1) is 9.65. The number of thiazole rings is 1. The number of hydrogen-bond donors (Lipinski definition) is 2. The van der Waals surface area contributed by atoms with Crippen LogP contribution >= 0.6 is 11.3 Å². The van der Waals surface area contributed by atoms with Crippen LogP contribution in [0.1, 0.15) is 0 Å². The summed E-state index contributed by atoms with van der Waals surface area (Å²) in [6.07, 6.45) is 4.29. The number of benzene rings is 1. The molecule has 0 atom stereocenters. The second kappa shape index (κ2) is 5.06. The van der Waals surface area contributed by atoms with E-state index in [1.165, 1.54) is 23.9 Å². The molecule has 6 nitrogen and oxygen atoms in total. The number of nitrogens with zero attached hydrogens (tertiary/aromatic N) is 2. The number of H-pyrrole nitrogens is 1. The molecule has 3 aromatic rings. The van der Waals surface area contributed by atoms with Gasteiger partial charge in [0, 0.05) is 22.8 Å². The fourth-order valence-corrected chi connectivity index (χ4v) is 3.27. The minimum absolute atomic E-state index is 0.0251. The van der Waals surface area contributed by atoms with Crippen molar-refractivity contribution in [1.82, 2.24) is 15.0 Å². The molecule has 1 aromatic carbocycles. The third-order valence-corrected chi connectivity index (χ3v) is 4.69. The number of nitrogens with one attached hydrogen (secondary N) is 2. The highest BCUT2D eigenvalue weighted by Gasteiger charge is 2.15. The van der Waals surface area contributed by atoms with E-state index in [9.17, 15) is 8.42 Å². The van der Waals surface area contributed by atoms with Crippen molar-refractivity contribution in [2.24, 2.45) is 0 Å². The molecule has 8 heteroatoms. The Labute approximate surface area is 119 Å². The Hall–Kier alpha value is -2.19. The highest BCUT2D eigenvalue weighted by Crippen LogP contribution is 2.25. The lowest BCUT2D eigenvalue weighted by molar-refractivity contribution is 0.598. The van der Waals surface area contributed by atoms with E-state index < -0.39 is 10.0 Å². The first kappa shape index (κ1) is 12.8. The number of anilines is 1. The lowest BCUT2D eigenvalue weighted by Gasteiger charge is -2.07. The number of rotatable bonds is 4. The van der Waals surface area contributed by atoms with Crippen LogP contribution in [0.5, 0.6) is 0 Å². The number of hydrogen-bond acceptors (Lipinski definition) is 5. The van der Waals surface area contributed by atoms with Gasteiger partial charge in [0.05, 0.1) is 12.5 Å². The molecule has 2 aromatic heterocycles. The zero-order chi connectivity index (χ0) is 14.0. The SMILES string of the molecule is O=S(=O)(Nc1cccc(-c2nccs2)c1)c1cnc[nH]1. The van der Waals surface area contributed by atoms with Gasteiger partial charge in [0.1, 0.15) is 5.01 Å². The second-order valence-corrected chi connectivity index (χ2v) is 6.48. The lowest BCUT2D eigenvalue weighted by Crippen LogP contribution is -2.13. The molecule has 0 aliphatic rings. The molecule has 0 spiro atoms. The van der Waals surface area contributed by atoms with E-state index >= 15 is 0 Å². The van der Waals surface area contributed by atoms with E-state index in [4.69, 9.17) is 0 Å². The van der Waals surface area contributed by atoms with Crippen LogP contribution in [0.15, 0.2) is 53.4 Å². The van der Waals surface area contributed by atoms with Crippen molar-refractivity contribution in [1.29, 1.82) is 0 Å². The Bertz CT molecular complexity index is 796. The van der Waals surface area contributed by atoms with Crippen LogP contribution in [-0.4, -0.2) is 23.4 Å². The molecule has 0 saturated heterocycles. The number of aromatic nitrogens is 3. The summed E-state index contributed by atoms with van der Waals surface area (Å²) < 4.78 is 26.6. The molecule has 20 heavy (non-hydrogen) atoms. The molecule has 0 aliphatic carbocycles. The summed E-state index contributed by atoms with van der Waals surface area (Å²) >= 11 is 1.50. The summed E-state index contributed by atoms with van der Waals surface area (Å²) in [6, 6.07) is 7.09. The molecule has 3 rings (SSSR count). The topological polar surface area (TPSA) is 87.7 Å². The Kier molecular flexibility index (Phi) is 3.25. The van der Waals surface area contributed by atoms with Crippen molar-refractivity contribution in [3.8, 4) is 10.6 Å². The summed E-state index contributed by atoms with van der Waals surface area (Å²) in [6.45, 7) is 0. The second-order valence-electron chi connectivity index (χ2n) is 3.94. The zero-order valence-corrected chi connectivity index (χ0v) is 11.8. The van der Waals surface area contributed by atoms with Crippen molar-refractivity contribution in [3.05, 3.63) is 48.4 Å². The highest BCUT2D eigenvalue weighted by molar-refractivity contribution is 7.92. The molecular weight excluding hydrogens is 296 g/mol. The van der Waals surface area contributed by atoms with Gasteiger partial charge >= 0.3 is 0 Å². The molecule has 2 heterocycles. The molecule has 102 valence electrons. The van der Waals surface area contributed by atoms with Gasteiger partial charge in [-0.3, -0.25) is 4.72 Å². The van der Waals surface area contributed by atoms with E-state index in [1.807, 2.05) is 11.4 Å². The summed E-state index contributed by atoms with van der Waals surface area (Å²) in [5, 5.41) is 2.74. The van der Waals surface area contributed by atoms with Crippen LogP contribution in [0.4, 0.5) is 5.69 Å². The van der Waals surface area contributed by atoms with E-state index in [0.29, 0.717) is 5.69 Å². The summed E-state index contributed by atoms with van der Waals surface area (Å²) in [4.78, 5) is 10.5. The van der Waals surface area contributed by atoms with Gasteiger partial charge in [-0.15, -0.1) is 11.3 Å². The lowest BCUT2D eigenvalue weighted by atomic mass is 10.2. The van der Waals surface area contributed by atoms with E-state index in [1.54, 1.807) is 24.4 Å². The summed E-state index contributed by atoms with van der Waals surface area (Å²) in [5.74, 6) is 0. The van der Waals surface area contributed by atoms with Crippen molar-refractivity contribution >= 4 is 27.0 Å².